The molecule has 1 aliphatic heterocycles. The van der Waals surface area contributed by atoms with Crippen molar-refractivity contribution in [3.8, 4) is 22.5 Å². The van der Waals surface area contributed by atoms with Gasteiger partial charge in [0.1, 0.15) is 0 Å². The van der Waals surface area contributed by atoms with Crippen LogP contribution in [0, 0.1) is 0 Å². The summed E-state index contributed by atoms with van der Waals surface area (Å²) in [7, 11) is 0. The zero-order chi connectivity index (χ0) is 36.9. The first-order valence-corrected chi connectivity index (χ1v) is 21.6. The van der Waals surface area contributed by atoms with E-state index in [9.17, 15) is 0 Å². The van der Waals surface area contributed by atoms with Gasteiger partial charge >= 0.3 is 0 Å². The predicted octanol–water partition coefficient (Wildman–Crippen LogP) is 15.2. The molecule has 5 heteroatoms. The van der Waals surface area contributed by atoms with Crippen molar-refractivity contribution in [3.05, 3.63) is 169 Å². The van der Waals surface area contributed by atoms with Gasteiger partial charge in [0.15, 0.2) is 0 Å². The Bertz CT molecular complexity index is 3520. The quantitative estimate of drug-likeness (QED) is 0.173. The maximum absolute atomic E-state index is 2.56. The molecule has 4 heterocycles. The van der Waals surface area contributed by atoms with Crippen LogP contribution in [0.2, 0.25) is 0 Å². The molecule has 0 radical (unpaired) electrons. The van der Waals surface area contributed by atoms with Gasteiger partial charge in [0.2, 0.25) is 0 Å². The molecule has 2 nitrogen and oxygen atoms in total. The monoisotopic (exact) mass is 768 g/mol. The third-order valence-corrected chi connectivity index (χ3v) is 16.1. The van der Waals surface area contributed by atoms with Crippen molar-refractivity contribution in [3.63, 3.8) is 0 Å². The zero-order valence-electron chi connectivity index (χ0n) is 30.6. The molecule has 8 aromatic carbocycles. The Morgan fingerprint density at radius 3 is 1.91 bits per heavy atom. The largest absolute Gasteiger partial charge is 0.309 e. The van der Waals surface area contributed by atoms with E-state index >= 15 is 0 Å². The first kappa shape index (κ1) is 31.5. The summed E-state index contributed by atoms with van der Waals surface area (Å²) in [6.45, 7) is 4.86. The van der Waals surface area contributed by atoms with Crippen molar-refractivity contribution in [2.75, 3.05) is 0 Å². The van der Waals surface area contributed by atoms with E-state index in [1.54, 1.807) is 0 Å². The molecule has 0 N–H and O–H groups in total. The summed E-state index contributed by atoms with van der Waals surface area (Å²) < 4.78 is 7.67. The summed E-state index contributed by atoms with van der Waals surface area (Å²) in [4.78, 5) is 5.46. The molecule has 264 valence electrons. The Morgan fingerprint density at radius 1 is 0.446 bits per heavy atom. The topological polar surface area (TPSA) is 9.86 Å². The van der Waals surface area contributed by atoms with E-state index in [0.29, 0.717) is 0 Å². The van der Waals surface area contributed by atoms with Gasteiger partial charge in [-0.05, 0) is 89.5 Å². The molecule has 0 fully saturated rings. The van der Waals surface area contributed by atoms with Crippen LogP contribution in [0.1, 0.15) is 25.0 Å². The maximum atomic E-state index is 2.56. The van der Waals surface area contributed by atoms with E-state index in [0.717, 1.165) is 0 Å². The summed E-state index contributed by atoms with van der Waals surface area (Å²) in [6, 6.07) is 59.2. The van der Waals surface area contributed by atoms with E-state index < -0.39 is 0 Å². The van der Waals surface area contributed by atoms with Gasteiger partial charge in [-0.3, -0.25) is 0 Å². The molecule has 0 saturated carbocycles. The van der Waals surface area contributed by atoms with Crippen molar-refractivity contribution in [1.29, 1.82) is 0 Å². The minimum atomic E-state index is -0.155. The van der Waals surface area contributed by atoms with Crippen LogP contribution in [0.4, 0.5) is 0 Å². The molecular weight excluding hydrogens is 737 g/mol. The summed E-state index contributed by atoms with van der Waals surface area (Å²) in [5, 5.41) is 7.74. The smallest absolute Gasteiger partial charge is 0.0622 e. The zero-order valence-corrected chi connectivity index (χ0v) is 33.1. The molecule has 3 aromatic heterocycles. The highest BCUT2D eigenvalue weighted by Crippen LogP contribution is 2.60. The van der Waals surface area contributed by atoms with Crippen LogP contribution in [-0.4, -0.2) is 9.13 Å². The summed E-state index contributed by atoms with van der Waals surface area (Å²) in [5.74, 6) is 0. The lowest BCUT2D eigenvalue weighted by Crippen LogP contribution is -2.17. The van der Waals surface area contributed by atoms with E-state index in [1.807, 2.05) is 34.9 Å². The molecule has 1 aliphatic carbocycles. The van der Waals surface area contributed by atoms with Gasteiger partial charge in [-0.2, -0.15) is 0 Å². The first-order chi connectivity index (χ1) is 27.5. The van der Waals surface area contributed by atoms with Crippen LogP contribution in [-0.2, 0) is 5.41 Å². The van der Waals surface area contributed by atoms with Gasteiger partial charge in [-0.25, -0.2) is 0 Å². The summed E-state index contributed by atoms with van der Waals surface area (Å²) in [6.07, 6.45) is 0. The van der Waals surface area contributed by atoms with E-state index in [-0.39, 0.29) is 5.41 Å². The molecule has 0 atom stereocenters. The number of para-hydroxylation sites is 2. The van der Waals surface area contributed by atoms with Crippen LogP contribution in [0.15, 0.2) is 177 Å². The van der Waals surface area contributed by atoms with Gasteiger partial charge < -0.3 is 9.13 Å². The number of rotatable bonds is 2. The molecule has 13 rings (SSSR count). The van der Waals surface area contributed by atoms with Gasteiger partial charge in [-0.15, -0.1) is 11.3 Å². The second-order valence-electron chi connectivity index (χ2n) is 15.7. The summed E-state index contributed by atoms with van der Waals surface area (Å²) in [5.41, 5.74) is 12.8. The number of benzene rings is 8. The third-order valence-electron chi connectivity index (χ3n) is 12.3. The van der Waals surface area contributed by atoms with E-state index in [2.05, 4.69) is 181 Å². The molecule has 0 amide bonds. The highest BCUT2D eigenvalue weighted by atomic mass is 32.2. The SMILES string of the molecule is CC1(C)c2ccc3c4ccccc4n(-c4ccc5c(c4)c4ccccc4n5-c4ccc5sc6ccccc6c5c4)c3c2-c2ccc3c(c21)Sc1ccccc1S3. The molecule has 0 bridgehead atoms. The Hall–Kier alpha value is -5.72. The highest BCUT2D eigenvalue weighted by molar-refractivity contribution is 8.05. The molecular formula is C51H32N2S3. The average Bonchev–Trinajstić information content (AvgIpc) is 3.94. The fraction of sp³-hybridized carbons (Fsp3) is 0.0588. The Kier molecular flexibility index (Phi) is 6.30. The van der Waals surface area contributed by atoms with Crippen LogP contribution in [0.25, 0.3) is 86.3 Å². The van der Waals surface area contributed by atoms with Crippen molar-refractivity contribution in [2.24, 2.45) is 0 Å². The highest BCUT2D eigenvalue weighted by Gasteiger charge is 2.41. The second-order valence-corrected chi connectivity index (χ2v) is 18.9. The molecule has 0 spiro atoms. The van der Waals surface area contributed by atoms with E-state index in [4.69, 9.17) is 0 Å². The molecule has 56 heavy (non-hydrogen) atoms. The number of nitrogens with zero attached hydrogens (tertiary/aromatic N) is 2. The average molecular weight is 769 g/mol. The molecule has 11 aromatic rings. The first-order valence-electron chi connectivity index (χ1n) is 19.2. The van der Waals surface area contributed by atoms with Crippen LogP contribution in [0.5, 0.6) is 0 Å². The molecule has 0 saturated heterocycles. The standard InChI is InChI=1S/C51H32N2S3/c1-51(2)38-23-21-34-31-11-3-7-15-40(31)53(49(34)47(38)35-22-26-46-50(48(35)51)56-45-18-10-9-17-44(45)55-46)30-19-24-41-36(27-30)32-12-4-6-14-39(32)52(41)29-20-25-43-37(28-29)33-13-5-8-16-42(33)54-43/h3-28H,1-2H3. The fourth-order valence-corrected chi connectivity index (χ4v) is 13.5. The van der Waals surface area contributed by atoms with Gasteiger partial charge in [0, 0.05) is 83.7 Å². The lowest BCUT2D eigenvalue weighted by Gasteiger charge is -2.28. The van der Waals surface area contributed by atoms with Crippen LogP contribution >= 0.6 is 34.9 Å². The third kappa shape index (κ3) is 4.10. The fourth-order valence-electron chi connectivity index (χ4n) is 9.91. The maximum Gasteiger partial charge on any atom is 0.0622 e. The number of aromatic nitrogens is 2. The predicted molar refractivity (Wildman–Crippen MR) is 240 cm³/mol. The normalized spacial score (nSPS) is 14.2. The van der Waals surface area contributed by atoms with Gasteiger partial charge in [0.05, 0.1) is 22.1 Å². The van der Waals surface area contributed by atoms with Crippen molar-refractivity contribution in [2.45, 2.75) is 38.8 Å². The Morgan fingerprint density at radius 2 is 1.07 bits per heavy atom. The molecule has 2 aliphatic rings. The lowest BCUT2D eigenvalue weighted by molar-refractivity contribution is 0.642. The summed E-state index contributed by atoms with van der Waals surface area (Å²) >= 11 is 5.73. The second kappa shape index (κ2) is 11.2. The van der Waals surface area contributed by atoms with Crippen molar-refractivity contribution in [1.82, 2.24) is 9.13 Å². The number of hydrogen-bond donors (Lipinski definition) is 0. The van der Waals surface area contributed by atoms with Gasteiger partial charge in [-0.1, -0.05) is 122 Å². The van der Waals surface area contributed by atoms with Crippen molar-refractivity contribution >= 4 is 98.6 Å². The van der Waals surface area contributed by atoms with Crippen LogP contribution in [0.3, 0.4) is 0 Å². The van der Waals surface area contributed by atoms with E-state index in [1.165, 1.54) is 117 Å². The Labute approximate surface area is 336 Å². The molecule has 0 unspecified atom stereocenters. The number of fused-ring (bicyclic) bond motifs is 16. The lowest BCUT2D eigenvalue weighted by atomic mass is 9.82. The van der Waals surface area contributed by atoms with Crippen molar-refractivity contribution < 1.29 is 0 Å². The Balaban J connectivity index is 1.07. The minimum Gasteiger partial charge on any atom is -0.309 e. The minimum absolute atomic E-state index is 0.155. The number of hydrogen-bond acceptors (Lipinski definition) is 3. The van der Waals surface area contributed by atoms with Gasteiger partial charge in [0.25, 0.3) is 0 Å². The van der Waals surface area contributed by atoms with Crippen LogP contribution < -0.4 is 0 Å². The number of thiophene rings is 1.